The fourth-order valence-electron chi connectivity index (χ4n) is 0.871. The number of hydrogen-bond acceptors (Lipinski definition) is 2. The van der Waals surface area contributed by atoms with Crippen molar-refractivity contribution in [3.63, 3.8) is 0 Å². The quantitative estimate of drug-likeness (QED) is 0.670. The summed E-state index contributed by atoms with van der Waals surface area (Å²) in [6, 6.07) is 4.64. The lowest BCUT2D eigenvalue weighted by atomic mass is 10.1. The van der Waals surface area contributed by atoms with Gasteiger partial charge in [-0.3, -0.25) is 0 Å². The number of nitrogens with two attached hydrogens (primary N) is 1. The Morgan fingerprint density at radius 1 is 1.46 bits per heavy atom. The first-order chi connectivity index (χ1) is 6.15. The van der Waals surface area contributed by atoms with E-state index in [9.17, 15) is 8.78 Å². The van der Waals surface area contributed by atoms with Crippen LogP contribution in [0, 0.1) is 23.0 Å². The maximum atomic E-state index is 13.0. The topological polar surface area (TPSA) is 49.8 Å². The standard InChI is InChI=1S/C9H6F2N2/c10-6-1-2-7(8(11)5-6)9(13)3-4-12/h1-3,5H,13H2/b9-3+. The van der Waals surface area contributed by atoms with Gasteiger partial charge < -0.3 is 5.73 Å². The second-order valence-electron chi connectivity index (χ2n) is 2.35. The number of benzene rings is 1. The van der Waals surface area contributed by atoms with Gasteiger partial charge in [0.2, 0.25) is 0 Å². The van der Waals surface area contributed by atoms with E-state index in [1.807, 2.05) is 0 Å². The van der Waals surface area contributed by atoms with Crippen LogP contribution >= 0.6 is 0 Å². The maximum absolute atomic E-state index is 13.0. The monoisotopic (exact) mass is 180 g/mol. The molecule has 13 heavy (non-hydrogen) atoms. The Labute approximate surface area is 73.9 Å². The molecule has 2 nitrogen and oxygen atoms in total. The van der Waals surface area contributed by atoms with Crippen LogP contribution in [0.3, 0.4) is 0 Å². The summed E-state index contributed by atoms with van der Waals surface area (Å²) in [5.41, 5.74) is 5.35. The largest absolute Gasteiger partial charge is 0.398 e. The molecular formula is C9H6F2N2. The predicted molar refractivity (Wildman–Crippen MR) is 44.1 cm³/mol. The predicted octanol–water partition coefficient (Wildman–Crippen LogP) is 1.79. The summed E-state index contributed by atoms with van der Waals surface area (Å²) >= 11 is 0. The Bertz CT molecular complexity index is 391. The molecule has 1 aromatic rings. The molecule has 0 saturated carbocycles. The van der Waals surface area contributed by atoms with Crippen LogP contribution < -0.4 is 5.73 Å². The summed E-state index contributed by atoms with van der Waals surface area (Å²) in [4.78, 5) is 0. The Morgan fingerprint density at radius 2 is 2.15 bits per heavy atom. The third-order valence-electron chi connectivity index (χ3n) is 1.46. The molecule has 0 amide bonds. The van der Waals surface area contributed by atoms with Gasteiger partial charge in [-0.2, -0.15) is 5.26 Å². The molecule has 0 bridgehead atoms. The van der Waals surface area contributed by atoms with Crippen LogP contribution in [0.5, 0.6) is 0 Å². The fourth-order valence-corrected chi connectivity index (χ4v) is 0.871. The van der Waals surface area contributed by atoms with E-state index in [1.54, 1.807) is 6.07 Å². The molecule has 0 atom stereocenters. The molecule has 0 aromatic heterocycles. The molecule has 0 aliphatic heterocycles. The highest BCUT2D eigenvalue weighted by atomic mass is 19.1. The van der Waals surface area contributed by atoms with E-state index in [0.717, 1.165) is 12.1 Å². The second kappa shape index (κ2) is 3.68. The highest BCUT2D eigenvalue weighted by molar-refractivity contribution is 5.65. The van der Waals surface area contributed by atoms with Crippen LogP contribution in [-0.2, 0) is 0 Å². The lowest BCUT2D eigenvalue weighted by Crippen LogP contribution is -1.99. The number of hydrogen-bond donors (Lipinski definition) is 1. The van der Waals surface area contributed by atoms with Gasteiger partial charge >= 0.3 is 0 Å². The molecule has 2 N–H and O–H groups in total. The highest BCUT2D eigenvalue weighted by Crippen LogP contribution is 2.14. The van der Waals surface area contributed by atoms with Crippen molar-refractivity contribution in [1.82, 2.24) is 0 Å². The number of halogens is 2. The number of rotatable bonds is 1. The smallest absolute Gasteiger partial charge is 0.135 e. The summed E-state index contributed by atoms with van der Waals surface area (Å²) in [5, 5.41) is 8.24. The summed E-state index contributed by atoms with van der Waals surface area (Å²) in [7, 11) is 0. The van der Waals surface area contributed by atoms with Crippen molar-refractivity contribution >= 4 is 5.70 Å². The van der Waals surface area contributed by atoms with Crippen LogP contribution in [0.1, 0.15) is 5.56 Å². The molecule has 0 saturated heterocycles. The van der Waals surface area contributed by atoms with Gasteiger partial charge in [-0.05, 0) is 12.1 Å². The van der Waals surface area contributed by atoms with Crippen molar-refractivity contribution in [2.75, 3.05) is 0 Å². The zero-order valence-electron chi connectivity index (χ0n) is 6.59. The zero-order valence-corrected chi connectivity index (χ0v) is 6.59. The first-order valence-corrected chi connectivity index (χ1v) is 3.46. The molecule has 0 fully saturated rings. The highest BCUT2D eigenvalue weighted by Gasteiger charge is 2.05. The van der Waals surface area contributed by atoms with Crippen LogP contribution in [0.15, 0.2) is 24.3 Å². The average molecular weight is 180 g/mol. The third kappa shape index (κ3) is 2.03. The van der Waals surface area contributed by atoms with E-state index in [0.29, 0.717) is 6.07 Å². The SMILES string of the molecule is N#C/C=C(/N)c1ccc(F)cc1F. The van der Waals surface area contributed by atoms with Crippen LogP contribution in [0.4, 0.5) is 8.78 Å². The maximum Gasteiger partial charge on any atom is 0.135 e. The van der Waals surface area contributed by atoms with Crippen LogP contribution in [0.25, 0.3) is 5.70 Å². The van der Waals surface area contributed by atoms with E-state index < -0.39 is 11.6 Å². The van der Waals surface area contributed by atoms with Gasteiger partial charge in [0.1, 0.15) is 11.6 Å². The van der Waals surface area contributed by atoms with Crippen molar-refractivity contribution in [3.8, 4) is 6.07 Å². The lowest BCUT2D eigenvalue weighted by Gasteiger charge is -2.00. The Morgan fingerprint density at radius 3 is 2.69 bits per heavy atom. The molecule has 0 heterocycles. The minimum absolute atomic E-state index is 0.0139. The molecule has 0 aliphatic rings. The first kappa shape index (κ1) is 9.20. The van der Waals surface area contributed by atoms with E-state index in [4.69, 9.17) is 11.0 Å². The Balaban J connectivity index is 3.18. The molecule has 0 spiro atoms. The molecule has 1 aromatic carbocycles. The normalized spacial score (nSPS) is 11.0. The summed E-state index contributed by atoms with van der Waals surface area (Å²) in [6.45, 7) is 0. The van der Waals surface area contributed by atoms with Gasteiger partial charge in [0, 0.05) is 17.7 Å². The van der Waals surface area contributed by atoms with Gasteiger partial charge in [0.05, 0.1) is 11.8 Å². The van der Waals surface area contributed by atoms with E-state index in [-0.39, 0.29) is 11.3 Å². The van der Waals surface area contributed by atoms with Crippen LogP contribution in [0.2, 0.25) is 0 Å². The van der Waals surface area contributed by atoms with Crippen molar-refractivity contribution in [2.45, 2.75) is 0 Å². The summed E-state index contributed by atoms with van der Waals surface area (Å²) in [5.74, 6) is -1.45. The van der Waals surface area contributed by atoms with Gasteiger partial charge in [0.25, 0.3) is 0 Å². The fraction of sp³-hybridized carbons (Fsp3) is 0. The molecule has 0 radical (unpaired) electrons. The zero-order chi connectivity index (χ0) is 9.84. The van der Waals surface area contributed by atoms with Crippen molar-refractivity contribution in [2.24, 2.45) is 5.73 Å². The minimum atomic E-state index is -0.774. The van der Waals surface area contributed by atoms with E-state index in [2.05, 4.69) is 0 Å². The minimum Gasteiger partial charge on any atom is -0.398 e. The van der Waals surface area contributed by atoms with Gasteiger partial charge in [0.15, 0.2) is 0 Å². The van der Waals surface area contributed by atoms with Gasteiger partial charge in [-0.25, -0.2) is 8.78 Å². The summed E-state index contributed by atoms with van der Waals surface area (Å²) in [6.07, 6.45) is 0.996. The average Bonchev–Trinajstić information content (AvgIpc) is 2.04. The molecule has 0 unspecified atom stereocenters. The second-order valence-corrected chi connectivity index (χ2v) is 2.35. The first-order valence-electron chi connectivity index (χ1n) is 3.46. The van der Waals surface area contributed by atoms with E-state index in [1.165, 1.54) is 6.07 Å². The Hall–Kier alpha value is -1.89. The summed E-state index contributed by atoms with van der Waals surface area (Å²) < 4.78 is 25.4. The Kier molecular flexibility index (Phi) is 2.60. The van der Waals surface area contributed by atoms with E-state index >= 15 is 0 Å². The number of nitriles is 1. The third-order valence-corrected chi connectivity index (χ3v) is 1.46. The molecule has 1 rings (SSSR count). The molecule has 66 valence electrons. The van der Waals surface area contributed by atoms with Crippen molar-refractivity contribution in [3.05, 3.63) is 41.5 Å². The number of nitrogens with zero attached hydrogens (tertiary/aromatic N) is 1. The lowest BCUT2D eigenvalue weighted by molar-refractivity contribution is 0.581. The molecule has 4 heteroatoms. The number of allylic oxidation sites excluding steroid dienone is 1. The van der Waals surface area contributed by atoms with Gasteiger partial charge in [-0.15, -0.1) is 0 Å². The van der Waals surface area contributed by atoms with Gasteiger partial charge in [-0.1, -0.05) is 0 Å². The van der Waals surface area contributed by atoms with Crippen LogP contribution in [-0.4, -0.2) is 0 Å². The van der Waals surface area contributed by atoms with Crippen molar-refractivity contribution in [1.29, 1.82) is 5.26 Å². The molecule has 0 aliphatic carbocycles. The van der Waals surface area contributed by atoms with Crippen molar-refractivity contribution < 1.29 is 8.78 Å². The molecular weight excluding hydrogens is 174 g/mol.